The van der Waals surface area contributed by atoms with Gasteiger partial charge in [-0.3, -0.25) is 24.0 Å². The van der Waals surface area contributed by atoms with Crippen LogP contribution in [-0.4, -0.2) is 85.6 Å². The highest BCUT2D eigenvalue weighted by Gasteiger charge is 2.36. The van der Waals surface area contributed by atoms with Gasteiger partial charge in [0.25, 0.3) is 5.91 Å². The van der Waals surface area contributed by atoms with E-state index in [9.17, 15) is 33.6 Å². The van der Waals surface area contributed by atoms with Gasteiger partial charge in [-0.25, -0.2) is 15.0 Å². The third kappa shape index (κ3) is 13.2. The Bertz CT molecular complexity index is 2110. The molecule has 0 heterocycles. The number of rotatable bonds is 20. The van der Waals surface area contributed by atoms with Crippen LogP contribution in [0.5, 0.6) is 0 Å². The lowest BCUT2D eigenvalue weighted by Gasteiger charge is -2.32. The number of carbonyl (C=O) groups is 7. The van der Waals surface area contributed by atoms with E-state index in [1.54, 1.807) is 30.3 Å². The first kappa shape index (κ1) is 48.5. The monoisotopic (exact) mass is 878 g/mol. The van der Waals surface area contributed by atoms with Gasteiger partial charge in [-0.05, 0) is 72.3 Å². The van der Waals surface area contributed by atoms with Crippen molar-refractivity contribution < 1.29 is 38.3 Å². The molecule has 5 rings (SSSR count). The fourth-order valence-electron chi connectivity index (χ4n) is 8.42. The summed E-state index contributed by atoms with van der Waals surface area (Å²) in [5, 5.41) is 20.2. The second kappa shape index (κ2) is 23.7. The zero-order chi connectivity index (χ0) is 46.2. The number of hydrazone groups is 1. The highest BCUT2D eigenvalue weighted by Crippen LogP contribution is 2.44. The van der Waals surface area contributed by atoms with Gasteiger partial charge < -0.3 is 36.6 Å². The molecule has 1 fully saturated rings. The smallest absolute Gasteiger partial charge is 0.407 e. The molecule has 4 atom stereocenters. The molecule has 0 bridgehead atoms. The normalized spacial score (nSPS) is 15.6. The molecule has 0 radical (unpaired) electrons. The van der Waals surface area contributed by atoms with Crippen molar-refractivity contribution in [1.82, 2.24) is 37.3 Å². The second-order valence-electron chi connectivity index (χ2n) is 16.8. The molecule has 342 valence electrons. The third-order valence-corrected chi connectivity index (χ3v) is 11.6. The van der Waals surface area contributed by atoms with Crippen LogP contribution < -0.4 is 37.3 Å². The van der Waals surface area contributed by atoms with Crippen molar-refractivity contribution in [2.45, 2.75) is 109 Å². The summed E-state index contributed by atoms with van der Waals surface area (Å²) in [4.78, 5) is 93.6. The highest BCUT2D eigenvalue weighted by atomic mass is 16.5. The lowest BCUT2D eigenvalue weighted by molar-refractivity contribution is -0.131. The molecule has 7 amide bonds. The van der Waals surface area contributed by atoms with Crippen LogP contribution in [0.25, 0.3) is 11.1 Å². The molecule has 0 saturated heterocycles. The molecule has 16 nitrogen and oxygen atoms in total. The van der Waals surface area contributed by atoms with E-state index in [0.29, 0.717) is 24.8 Å². The molecule has 0 unspecified atom stereocenters. The predicted octanol–water partition coefficient (Wildman–Crippen LogP) is 5.14. The van der Waals surface area contributed by atoms with Crippen LogP contribution in [0.2, 0.25) is 0 Å². The zero-order valence-corrected chi connectivity index (χ0v) is 37.3. The fraction of sp³-hybridized carbons (Fsp3) is 0.458. The van der Waals surface area contributed by atoms with Crippen molar-refractivity contribution in [3.05, 3.63) is 95.6 Å². The number of fused-ring (bicyclic) bond motifs is 3. The van der Waals surface area contributed by atoms with Crippen LogP contribution in [0.15, 0.2) is 84.0 Å². The largest absolute Gasteiger partial charge is 0.449 e. The number of carbonyl (C=O) groups excluding carboxylic acids is 7. The van der Waals surface area contributed by atoms with E-state index in [1.165, 1.54) is 14.0 Å². The summed E-state index contributed by atoms with van der Waals surface area (Å²) in [5.41, 5.74) is 6.81. The third-order valence-electron chi connectivity index (χ3n) is 11.6. The molecule has 2 aliphatic carbocycles. The maximum absolute atomic E-state index is 14.3. The topological polar surface area (TPSA) is 225 Å². The molecule has 16 heteroatoms. The average Bonchev–Trinajstić information content (AvgIpc) is 3.61. The molecule has 0 aromatic heterocycles. The van der Waals surface area contributed by atoms with E-state index in [0.717, 1.165) is 41.5 Å². The first-order valence-electron chi connectivity index (χ1n) is 22.2. The molecule has 7 N–H and O–H groups in total. The van der Waals surface area contributed by atoms with E-state index in [-0.39, 0.29) is 48.7 Å². The molecule has 1 saturated carbocycles. The van der Waals surface area contributed by atoms with E-state index < -0.39 is 66.5 Å². The minimum absolute atomic E-state index is 0.0662. The summed E-state index contributed by atoms with van der Waals surface area (Å²) >= 11 is 0. The number of urea groups is 1. The van der Waals surface area contributed by atoms with Gasteiger partial charge in [-0.2, -0.15) is 5.10 Å². The molecule has 3 aromatic carbocycles. The Balaban J connectivity index is 1.29. The first-order valence-corrected chi connectivity index (χ1v) is 22.2. The molecule has 0 aliphatic heterocycles. The summed E-state index contributed by atoms with van der Waals surface area (Å²) in [7, 11) is 1.36. The van der Waals surface area contributed by atoms with E-state index in [1.807, 2.05) is 57.2 Å². The molecular weight excluding hydrogens is 817 g/mol. The van der Waals surface area contributed by atoms with Crippen molar-refractivity contribution in [3.8, 4) is 11.1 Å². The SMILES string of the molecule is CCC[C@H](NC(=O)[C@H](CC(C)C)NC(=O)[C@@H](NC(=O)OCC1c2ccccc2-c2ccccc21)C1CCCCC1)C(=NNC(=O)NC)C(=O)NCC(=O)N[C@H](C(C)=O)c1ccccc1. The average molecular weight is 879 g/mol. The van der Waals surface area contributed by atoms with E-state index in [2.05, 4.69) is 54.6 Å². The van der Waals surface area contributed by atoms with Gasteiger partial charge in [0.15, 0.2) is 5.78 Å². The number of amides is 7. The summed E-state index contributed by atoms with van der Waals surface area (Å²) < 4.78 is 5.85. The standard InChI is InChI=1S/C48H62N8O8/c1-6-17-38(43(55-56-47(62)49-5)45(60)50-27-40(58)53-41(30(4)57)31-18-9-7-10-19-31)51-44(59)39(26-29(2)3)52-46(61)42(32-20-11-8-12-21-32)54-48(63)64-28-37-35-24-15-13-22-33(35)34-23-14-16-25-36(34)37/h7,9-10,13-16,18-19,22-25,29,32,37-39,41-42H,6,8,11-12,17,20-21,26-28H2,1-5H3,(H,50,60)(H,51,59)(H,52,61)(H,53,58)(H,54,63)(H2,49,56,62)/t38-,39-,41+,42-/m0/s1. The fourth-order valence-corrected chi connectivity index (χ4v) is 8.42. The van der Waals surface area contributed by atoms with Crippen LogP contribution in [0, 0.1) is 11.8 Å². The lowest BCUT2D eigenvalue weighted by Crippen LogP contribution is -2.58. The molecule has 64 heavy (non-hydrogen) atoms. The van der Waals surface area contributed by atoms with Gasteiger partial charge in [0.2, 0.25) is 17.7 Å². The Labute approximate surface area is 374 Å². The van der Waals surface area contributed by atoms with Crippen molar-refractivity contribution in [1.29, 1.82) is 0 Å². The second-order valence-corrected chi connectivity index (χ2v) is 16.8. The molecule has 0 spiro atoms. The van der Waals surface area contributed by atoms with Crippen molar-refractivity contribution in [2.75, 3.05) is 20.2 Å². The maximum atomic E-state index is 14.3. The summed E-state index contributed by atoms with van der Waals surface area (Å²) in [6.45, 7) is 6.49. The van der Waals surface area contributed by atoms with E-state index >= 15 is 0 Å². The Morgan fingerprint density at radius 2 is 1.36 bits per heavy atom. The van der Waals surface area contributed by atoms with Crippen molar-refractivity contribution >= 4 is 47.2 Å². The number of Topliss-reactive ketones (excluding diaryl/α,β-unsaturated/α-hetero) is 1. The first-order chi connectivity index (χ1) is 30.8. The summed E-state index contributed by atoms with van der Waals surface area (Å²) in [6.07, 6.45) is 4.32. The van der Waals surface area contributed by atoms with Gasteiger partial charge >= 0.3 is 12.1 Å². The molecule has 3 aromatic rings. The number of nitrogens with zero attached hydrogens (tertiary/aromatic N) is 1. The Morgan fingerprint density at radius 1 is 0.750 bits per heavy atom. The zero-order valence-electron chi connectivity index (χ0n) is 37.3. The number of ketones is 1. The number of benzene rings is 3. The Hall–Kier alpha value is -6.58. The van der Waals surface area contributed by atoms with Crippen LogP contribution in [-0.2, 0) is 28.7 Å². The highest BCUT2D eigenvalue weighted by molar-refractivity contribution is 6.41. The quantitative estimate of drug-likeness (QED) is 0.0593. The molecular formula is C48H62N8O8. The number of alkyl carbamates (subject to hydrolysis) is 1. The van der Waals surface area contributed by atoms with Gasteiger partial charge in [0.1, 0.15) is 30.4 Å². The Morgan fingerprint density at radius 3 is 1.95 bits per heavy atom. The van der Waals surface area contributed by atoms with Crippen LogP contribution in [0.4, 0.5) is 9.59 Å². The van der Waals surface area contributed by atoms with E-state index in [4.69, 9.17) is 4.74 Å². The maximum Gasteiger partial charge on any atom is 0.407 e. The minimum atomic E-state index is -1.09. The lowest BCUT2D eigenvalue weighted by atomic mass is 9.83. The number of ether oxygens (including phenoxy) is 1. The number of hydrogen-bond acceptors (Lipinski definition) is 9. The van der Waals surface area contributed by atoms with Crippen LogP contribution in [0.3, 0.4) is 0 Å². The summed E-state index contributed by atoms with van der Waals surface area (Å²) in [6, 6.07) is 19.9. The molecule has 2 aliphatic rings. The van der Waals surface area contributed by atoms with Crippen LogP contribution >= 0.6 is 0 Å². The Kier molecular flexibility index (Phi) is 18.0. The van der Waals surface area contributed by atoms with Gasteiger partial charge in [0.05, 0.1) is 12.6 Å². The number of hydrogen-bond donors (Lipinski definition) is 7. The summed E-state index contributed by atoms with van der Waals surface area (Å²) in [5.74, 6) is -3.42. The van der Waals surface area contributed by atoms with Gasteiger partial charge in [-0.15, -0.1) is 0 Å². The van der Waals surface area contributed by atoms with Crippen molar-refractivity contribution in [2.24, 2.45) is 16.9 Å². The van der Waals surface area contributed by atoms with Gasteiger partial charge in [0, 0.05) is 13.0 Å². The van der Waals surface area contributed by atoms with Crippen molar-refractivity contribution in [3.63, 3.8) is 0 Å². The minimum Gasteiger partial charge on any atom is -0.449 e. The predicted molar refractivity (Wildman–Crippen MR) is 243 cm³/mol. The van der Waals surface area contributed by atoms with Gasteiger partial charge in [-0.1, -0.05) is 125 Å². The van der Waals surface area contributed by atoms with Crippen LogP contribution in [0.1, 0.15) is 108 Å². The number of nitrogens with one attached hydrogen (secondary N) is 7.